The van der Waals surface area contributed by atoms with E-state index in [4.69, 9.17) is 33.7 Å². The topological polar surface area (TPSA) is 72.6 Å². The summed E-state index contributed by atoms with van der Waals surface area (Å²) in [6.07, 6.45) is 0. The summed E-state index contributed by atoms with van der Waals surface area (Å²) < 4.78 is 31.7. The van der Waals surface area contributed by atoms with Gasteiger partial charge in [0.2, 0.25) is 10.0 Å². The summed E-state index contributed by atoms with van der Waals surface area (Å²) in [4.78, 5) is -0.0233. The van der Waals surface area contributed by atoms with Gasteiger partial charge in [-0.3, -0.25) is 0 Å². The third kappa shape index (κ3) is 2.68. The number of sulfonamides is 1. The number of anilines is 1. The largest absolute Gasteiger partial charge is 0.396 e. The molecule has 0 amide bonds. The Labute approximate surface area is 122 Å². The molecule has 5 nitrogen and oxygen atoms in total. The van der Waals surface area contributed by atoms with Crippen LogP contribution in [0.1, 0.15) is 6.92 Å². The Morgan fingerprint density at radius 1 is 1.42 bits per heavy atom. The Morgan fingerprint density at radius 3 is 2.74 bits per heavy atom. The van der Waals surface area contributed by atoms with Crippen molar-refractivity contribution in [1.82, 2.24) is 4.31 Å². The summed E-state index contributed by atoms with van der Waals surface area (Å²) in [5.74, 6) is 0. The van der Waals surface area contributed by atoms with Gasteiger partial charge < -0.3 is 10.5 Å². The predicted octanol–water partition coefficient (Wildman–Crippen LogP) is 1.99. The molecule has 0 bridgehead atoms. The minimum Gasteiger partial charge on any atom is -0.396 e. The lowest BCUT2D eigenvalue weighted by Gasteiger charge is -2.32. The molecule has 1 saturated heterocycles. The van der Waals surface area contributed by atoms with Crippen LogP contribution in [-0.2, 0) is 14.8 Å². The third-order valence-electron chi connectivity index (χ3n) is 2.98. The summed E-state index contributed by atoms with van der Waals surface area (Å²) in [6.45, 7) is 2.80. The van der Waals surface area contributed by atoms with Gasteiger partial charge in [0.1, 0.15) is 4.90 Å². The molecule has 1 atom stereocenters. The number of benzene rings is 1. The minimum absolute atomic E-state index is 0.0233. The molecule has 1 aromatic rings. The number of nitrogens with two attached hydrogens (primary N) is 1. The zero-order valence-electron chi connectivity index (χ0n) is 10.3. The Hall–Kier alpha value is -0.530. The van der Waals surface area contributed by atoms with Crippen molar-refractivity contribution in [2.45, 2.75) is 17.9 Å². The lowest BCUT2D eigenvalue weighted by atomic mass is 10.3. The first-order valence-corrected chi connectivity index (χ1v) is 7.88. The van der Waals surface area contributed by atoms with Crippen LogP contribution in [0.15, 0.2) is 17.0 Å². The van der Waals surface area contributed by atoms with Crippen molar-refractivity contribution in [3.8, 4) is 0 Å². The van der Waals surface area contributed by atoms with Gasteiger partial charge in [0.25, 0.3) is 0 Å². The van der Waals surface area contributed by atoms with E-state index in [0.29, 0.717) is 19.8 Å². The maximum atomic E-state index is 12.6. The second-order valence-electron chi connectivity index (χ2n) is 4.31. The molecule has 1 fully saturated rings. The van der Waals surface area contributed by atoms with Crippen molar-refractivity contribution in [1.29, 1.82) is 0 Å². The maximum absolute atomic E-state index is 12.6. The fourth-order valence-electron chi connectivity index (χ4n) is 1.94. The summed E-state index contributed by atoms with van der Waals surface area (Å²) in [5.41, 5.74) is 5.75. The molecule has 2 N–H and O–H groups in total. The number of nitrogen functional groups attached to an aromatic ring is 1. The highest BCUT2D eigenvalue weighted by Gasteiger charge is 2.33. The summed E-state index contributed by atoms with van der Waals surface area (Å²) in [6, 6.07) is 2.56. The highest BCUT2D eigenvalue weighted by Crippen LogP contribution is 2.35. The van der Waals surface area contributed by atoms with Gasteiger partial charge in [-0.2, -0.15) is 4.31 Å². The maximum Gasteiger partial charge on any atom is 0.245 e. The van der Waals surface area contributed by atoms with Gasteiger partial charge in [0.15, 0.2) is 0 Å². The van der Waals surface area contributed by atoms with E-state index in [0.717, 1.165) is 0 Å². The molecular weight excluding hydrogens is 311 g/mol. The lowest BCUT2D eigenvalue weighted by Crippen LogP contribution is -2.47. The van der Waals surface area contributed by atoms with Crippen molar-refractivity contribution in [3.63, 3.8) is 0 Å². The van der Waals surface area contributed by atoms with Crippen LogP contribution in [-0.4, -0.2) is 38.5 Å². The number of rotatable bonds is 2. The smallest absolute Gasteiger partial charge is 0.245 e. The van der Waals surface area contributed by atoms with Crippen LogP contribution >= 0.6 is 23.2 Å². The highest BCUT2D eigenvalue weighted by atomic mass is 35.5. The van der Waals surface area contributed by atoms with E-state index >= 15 is 0 Å². The molecule has 0 radical (unpaired) electrons. The molecule has 1 heterocycles. The molecule has 106 valence electrons. The highest BCUT2D eigenvalue weighted by molar-refractivity contribution is 7.89. The van der Waals surface area contributed by atoms with Crippen LogP contribution < -0.4 is 5.73 Å². The van der Waals surface area contributed by atoms with Crippen molar-refractivity contribution in [3.05, 3.63) is 22.2 Å². The average molecular weight is 325 g/mol. The van der Waals surface area contributed by atoms with Crippen molar-refractivity contribution in [2.75, 3.05) is 25.5 Å². The Balaban J connectivity index is 2.48. The Morgan fingerprint density at radius 2 is 2.11 bits per heavy atom. The van der Waals surface area contributed by atoms with Crippen LogP contribution in [0.2, 0.25) is 10.0 Å². The van der Waals surface area contributed by atoms with E-state index in [1.54, 1.807) is 6.92 Å². The molecule has 0 aliphatic carbocycles. The van der Waals surface area contributed by atoms with Gasteiger partial charge in [-0.1, -0.05) is 23.2 Å². The normalized spacial score (nSPS) is 21.5. The molecule has 19 heavy (non-hydrogen) atoms. The Kier molecular flexibility index (Phi) is 4.27. The quantitative estimate of drug-likeness (QED) is 0.844. The molecule has 1 unspecified atom stereocenters. The van der Waals surface area contributed by atoms with Crippen molar-refractivity contribution < 1.29 is 13.2 Å². The number of ether oxygens (including phenoxy) is 1. The summed E-state index contributed by atoms with van der Waals surface area (Å²) in [7, 11) is -3.70. The van der Waals surface area contributed by atoms with Crippen LogP contribution in [0.4, 0.5) is 5.69 Å². The van der Waals surface area contributed by atoms with E-state index in [2.05, 4.69) is 0 Å². The SMILES string of the molecule is CC1COCCN1S(=O)(=O)c1ccc(Cl)c(N)c1Cl. The zero-order valence-corrected chi connectivity index (χ0v) is 12.6. The predicted molar refractivity (Wildman–Crippen MR) is 75.0 cm³/mol. The molecule has 0 spiro atoms. The molecule has 1 aromatic carbocycles. The second kappa shape index (κ2) is 5.46. The van der Waals surface area contributed by atoms with Crippen molar-refractivity contribution in [2.24, 2.45) is 0 Å². The number of hydrogen-bond donors (Lipinski definition) is 1. The summed E-state index contributed by atoms with van der Waals surface area (Å²) in [5, 5.41) is 0.199. The van der Waals surface area contributed by atoms with Gasteiger partial charge in [-0.05, 0) is 19.1 Å². The molecule has 0 saturated carbocycles. The molecule has 0 aromatic heterocycles. The number of morpholine rings is 1. The second-order valence-corrected chi connectivity index (χ2v) is 6.96. The third-order valence-corrected chi connectivity index (χ3v) is 5.89. The van der Waals surface area contributed by atoms with Gasteiger partial charge in [0.05, 0.1) is 28.9 Å². The fraction of sp³-hybridized carbons (Fsp3) is 0.455. The fourth-order valence-corrected chi connectivity index (χ4v) is 4.29. The van der Waals surface area contributed by atoms with Crippen LogP contribution in [0.25, 0.3) is 0 Å². The van der Waals surface area contributed by atoms with Crippen LogP contribution in [0.5, 0.6) is 0 Å². The van der Waals surface area contributed by atoms with E-state index in [9.17, 15) is 8.42 Å². The molecule has 8 heteroatoms. The minimum atomic E-state index is -3.70. The lowest BCUT2D eigenvalue weighted by molar-refractivity contribution is 0.0393. The summed E-state index contributed by atoms with van der Waals surface area (Å²) >= 11 is 11.8. The first-order chi connectivity index (χ1) is 8.85. The van der Waals surface area contributed by atoms with Gasteiger partial charge in [-0.25, -0.2) is 8.42 Å². The molecule has 2 rings (SSSR count). The van der Waals surface area contributed by atoms with E-state index in [-0.39, 0.29) is 26.7 Å². The number of halogens is 2. The zero-order chi connectivity index (χ0) is 14.2. The van der Waals surface area contributed by atoms with E-state index < -0.39 is 10.0 Å². The molecular formula is C11H14Cl2N2O3S. The Bertz CT molecular complexity index is 592. The van der Waals surface area contributed by atoms with Gasteiger partial charge in [-0.15, -0.1) is 0 Å². The van der Waals surface area contributed by atoms with Crippen LogP contribution in [0.3, 0.4) is 0 Å². The monoisotopic (exact) mass is 324 g/mol. The van der Waals surface area contributed by atoms with Crippen molar-refractivity contribution >= 4 is 38.9 Å². The van der Waals surface area contributed by atoms with Crippen LogP contribution in [0, 0.1) is 0 Å². The molecule has 1 aliphatic rings. The average Bonchev–Trinajstić information content (AvgIpc) is 2.36. The van der Waals surface area contributed by atoms with E-state index in [1.807, 2.05) is 0 Å². The van der Waals surface area contributed by atoms with E-state index in [1.165, 1.54) is 16.4 Å². The first-order valence-electron chi connectivity index (χ1n) is 5.68. The van der Waals surface area contributed by atoms with Gasteiger partial charge in [0, 0.05) is 12.6 Å². The standard InChI is InChI=1S/C11H14Cl2N2O3S/c1-7-6-18-5-4-15(7)19(16,17)9-3-2-8(12)11(14)10(9)13/h2-3,7H,4-6,14H2,1H3. The number of nitrogens with zero attached hydrogens (tertiary/aromatic N) is 1. The number of hydrogen-bond acceptors (Lipinski definition) is 4. The molecule has 1 aliphatic heterocycles. The first kappa shape index (κ1) is 14.9. The van der Waals surface area contributed by atoms with Gasteiger partial charge >= 0.3 is 0 Å².